The topological polar surface area (TPSA) is 142 Å². The fraction of sp³-hybridized carbons (Fsp3) is 0.308. The third-order valence-corrected chi connectivity index (χ3v) is 7.22. The predicted octanol–water partition coefficient (Wildman–Crippen LogP) is 5.65. The third-order valence-electron chi connectivity index (χ3n) is 7.22. The summed E-state index contributed by atoms with van der Waals surface area (Å²) in [6.45, 7) is 0. The van der Waals surface area contributed by atoms with Crippen molar-refractivity contribution >= 4 is 22.7 Å². The van der Waals surface area contributed by atoms with E-state index in [4.69, 9.17) is 15.3 Å². The molecule has 8 nitrogen and oxygen atoms in total. The Kier molecular flexibility index (Phi) is 6.33. The van der Waals surface area contributed by atoms with Gasteiger partial charge in [-0.2, -0.15) is 10.4 Å². The number of carboxylic acid groups (broad SMARTS) is 1. The van der Waals surface area contributed by atoms with Gasteiger partial charge in [-0.25, -0.2) is 18.2 Å². The zero-order valence-electron chi connectivity index (χ0n) is 19.5. The van der Waals surface area contributed by atoms with Crippen LogP contribution < -0.4 is 5.73 Å². The molecule has 3 aromatic heterocycles. The lowest BCUT2D eigenvalue weighted by Crippen LogP contribution is -2.35. The molecule has 4 N–H and O–H groups in total. The van der Waals surface area contributed by atoms with Gasteiger partial charge >= 0.3 is 5.97 Å². The Hall–Kier alpha value is -4.33. The Bertz CT molecular complexity index is 1520. The third kappa shape index (κ3) is 4.39. The highest BCUT2D eigenvalue weighted by Crippen LogP contribution is 2.45. The molecule has 11 heteroatoms. The van der Waals surface area contributed by atoms with Crippen molar-refractivity contribution in [1.29, 1.82) is 5.26 Å². The van der Waals surface area contributed by atoms with Crippen LogP contribution in [0.1, 0.15) is 37.7 Å². The molecule has 1 unspecified atom stereocenters. The van der Waals surface area contributed by atoms with Crippen molar-refractivity contribution in [2.24, 2.45) is 17.8 Å². The molecular formula is C26H22F3N5O3. The molecule has 4 aromatic rings. The number of H-pyrrole nitrogens is 1. The highest BCUT2D eigenvalue weighted by molar-refractivity contribution is 5.95. The summed E-state index contributed by atoms with van der Waals surface area (Å²) in [6, 6.07) is 6.53. The summed E-state index contributed by atoms with van der Waals surface area (Å²) in [5, 5.41) is 24.8. The maximum atomic E-state index is 14.5. The zero-order valence-corrected chi connectivity index (χ0v) is 19.5. The van der Waals surface area contributed by atoms with Gasteiger partial charge < -0.3 is 15.3 Å². The van der Waals surface area contributed by atoms with E-state index in [1.54, 1.807) is 0 Å². The number of furan rings is 1. The normalized spacial score (nSPS) is 20.3. The number of carbonyl (C=O) groups is 1. The number of halogens is 3. The van der Waals surface area contributed by atoms with E-state index in [9.17, 15) is 23.2 Å². The smallest absolute Gasteiger partial charge is 0.306 e. The summed E-state index contributed by atoms with van der Waals surface area (Å²) in [7, 11) is 0. The van der Waals surface area contributed by atoms with Crippen molar-refractivity contribution in [3.8, 4) is 28.8 Å². The van der Waals surface area contributed by atoms with Crippen molar-refractivity contribution in [3.05, 3.63) is 53.5 Å². The van der Waals surface area contributed by atoms with Crippen LogP contribution in [0.2, 0.25) is 0 Å². The van der Waals surface area contributed by atoms with Crippen LogP contribution in [0, 0.1) is 46.5 Å². The monoisotopic (exact) mass is 509 g/mol. The van der Waals surface area contributed by atoms with Gasteiger partial charge in [0.25, 0.3) is 0 Å². The van der Waals surface area contributed by atoms with E-state index in [1.165, 1.54) is 44.1 Å². The van der Waals surface area contributed by atoms with Crippen molar-refractivity contribution in [2.75, 3.05) is 5.73 Å². The molecule has 0 saturated heterocycles. The second kappa shape index (κ2) is 9.61. The number of nitrogens with zero attached hydrogens (tertiary/aromatic N) is 3. The maximum absolute atomic E-state index is 14.5. The van der Waals surface area contributed by atoms with Crippen molar-refractivity contribution in [3.63, 3.8) is 0 Å². The van der Waals surface area contributed by atoms with Gasteiger partial charge in [-0.1, -0.05) is 12.8 Å². The van der Waals surface area contributed by atoms with Gasteiger partial charge in [-0.05, 0) is 49.3 Å². The van der Waals surface area contributed by atoms with Gasteiger partial charge in [0.1, 0.15) is 28.9 Å². The molecule has 1 atom stereocenters. The number of anilines is 1. The number of aromatic amines is 1. The number of nitrogen functional groups attached to an aromatic ring is 1. The molecule has 3 fully saturated rings. The summed E-state index contributed by atoms with van der Waals surface area (Å²) in [4.78, 5) is 14.6. The van der Waals surface area contributed by atoms with E-state index in [2.05, 4.69) is 15.2 Å². The molecule has 0 spiro atoms. The molecule has 3 saturated carbocycles. The average molecular weight is 509 g/mol. The number of rotatable bonds is 3. The number of nitrogens with one attached hydrogen (secondary N) is 1. The number of nitrogens with two attached hydrogens (primary N) is 1. The predicted molar refractivity (Wildman–Crippen MR) is 127 cm³/mol. The summed E-state index contributed by atoms with van der Waals surface area (Å²) < 4.78 is 47.2. The second-order valence-electron chi connectivity index (χ2n) is 9.34. The minimum Gasteiger partial charge on any atom is -0.481 e. The van der Waals surface area contributed by atoms with Crippen LogP contribution in [0.4, 0.5) is 19.0 Å². The minimum absolute atomic E-state index is 0.00231. The zero-order chi connectivity index (χ0) is 26.3. The first-order valence-electron chi connectivity index (χ1n) is 11.8. The van der Waals surface area contributed by atoms with E-state index in [1.807, 2.05) is 6.07 Å². The number of carboxylic acids is 1. The first kappa shape index (κ1) is 24.4. The highest BCUT2D eigenvalue weighted by atomic mass is 19.1. The molecule has 0 amide bonds. The summed E-state index contributed by atoms with van der Waals surface area (Å²) in [6.07, 6.45) is 7.18. The van der Waals surface area contributed by atoms with Crippen molar-refractivity contribution in [2.45, 2.75) is 32.1 Å². The minimum atomic E-state index is -0.929. The highest BCUT2D eigenvalue weighted by Gasteiger charge is 2.39. The lowest BCUT2D eigenvalue weighted by atomic mass is 9.65. The van der Waals surface area contributed by atoms with E-state index in [-0.39, 0.29) is 45.1 Å². The Labute approximate surface area is 208 Å². The summed E-state index contributed by atoms with van der Waals surface area (Å²) in [5.74, 6) is -2.39. The first-order chi connectivity index (χ1) is 17.8. The molecular weight excluding hydrogens is 487 g/mol. The molecule has 1 aromatic carbocycles. The summed E-state index contributed by atoms with van der Waals surface area (Å²) >= 11 is 0. The van der Waals surface area contributed by atoms with Crippen LogP contribution in [0.5, 0.6) is 0 Å². The number of nitriles is 1. The SMILES string of the molecule is N#Cc1c(-c2[nH]nc3c(F)cc(F)cc23)nc(N)c(F)c1-c1ccco1.O=C(O)C1CC2CCC1CC2. The number of hydrogen-bond donors (Lipinski definition) is 3. The van der Waals surface area contributed by atoms with Crippen LogP contribution in [-0.4, -0.2) is 26.3 Å². The molecule has 0 aliphatic heterocycles. The number of fused-ring (bicyclic) bond motifs is 4. The lowest BCUT2D eigenvalue weighted by Gasteiger charge is -2.40. The Morgan fingerprint density at radius 3 is 2.54 bits per heavy atom. The van der Waals surface area contributed by atoms with Gasteiger partial charge in [0.05, 0.1) is 29.0 Å². The van der Waals surface area contributed by atoms with Crippen LogP contribution >= 0.6 is 0 Å². The first-order valence-corrected chi connectivity index (χ1v) is 11.8. The van der Waals surface area contributed by atoms with Gasteiger partial charge in [0.15, 0.2) is 17.5 Å². The molecule has 3 aliphatic carbocycles. The fourth-order valence-electron chi connectivity index (χ4n) is 5.43. The molecule has 7 rings (SSSR count). The van der Waals surface area contributed by atoms with Crippen LogP contribution in [0.15, 0.2) is 34.9 Å². The molecule has 2 bridgehead atoms. The van der Waals surface area contributed by atoms with E-state index in [0.717, 1.165) is 18.4 Å². The summed E-state index contributed by atoms with van der Waals surface area (Å²) in [5.41, 5.74) is 5.04. The molecule has 37 heavy (non-hydrogen) atoms. The number of benzene rings is 1. The average Bonchev–Trinajstić information content (AvgIpc) is 3.57. The Balaban J connectivity index is 0.000000212. The largest absolute Gasteiger partial charge is 0.481 e. The maximum Gasteiger partial charge on any atom is 0.306 e. The van der Waals surface area contributed by atoms with Crippen LogP contribution in [-0.2, 0) is 4.79 Å². The Morgan fingerprint density at radius 1 is 1.22 bits per heavy atom. The fourth-order valence-corrected chi connectivity index (χ4v) is 5.43. The number of aliphatic carboxylic acids is 1. The number of pyridine rings is 1. The van der Waals surface area contributed by atoms with E-state index < -0.39 is 29.2 Å². The molecule has 0 radical (unpaired) electrons. The van der Waals surface area contributed by atoms with Gasteiger partial charge in [-0.3, -0.25) is 9.89 Å². The van der Waals surface area contributed by atoms with E-state index >= 15 is 0 Å². The molecule has 3 aliphatic rings. The lowest BCUT2D eigenvalue weighted by molar-refractivity contribution is -0.147. The van der Waals surface area contributed by atoms with Crippen molar-refractivity contribution < 1.29 is 27.5 Å². The van der Waals surface area contributed by atoms with Gasteiger partial charge in [0.2, 0.25) is 0 Å². The standard InChI is InChI=1S/C17H8F3N5O.C9H14O2/c18-7-4-8-14(10(19)5-7)24-25-16(8)15-9(6-21)12(11-2-1-3-26-11)13(20)17(22)23-15;10-9(11)8-5-6-1-3-7(8)4-2-6/h1-5H,(H2,22,23)(H,24,25);6-8H,1-5H2,(H,10,11). The van der Waals surface area contributed by atoms with Gasteiger partial charge in [0, 0.05) is 11.5 Å². The van der Waals surface area contributed by atoms with Crippen molar-refractivity contribution in [1.82, 2.24) is 15.2 Å². The van der Waals surface area contributed by atoms with Crippen LogP contribution in [0.25, 0.3) is 33.6 Å². The molecule has 3 heterocycles. The number of aromatic nitrogens is 3. The molecule has 190 valence electrons. The van der Waals surface area contributed by atoms with Crippen LogP contribution in [0.3, 0.4) is 0 Å². The van der Waals surface area contributed by atoms with E-state index in [0.29, 0.717) is 12.0 Å². The van der Waals surface area contributed by atoms with Gasteiger partial charge in [-0.15, -0.1) is 0 Å². The Morgan fingerprint density at radius 2 is 1.97 bits per heavy atom. The number of hydrogen-bond acceptors (Lipinski definition) is 6. The second-order valence-corrected chi connectivity index (χ2v) is 9.34. The quantitative estimate of drug-likeness (QED) is 0.324.